The number of aliphatic hydroxyl groups excluding tert-OH is 1. The summed E-state index contributed by atoms with van der Waals surface area (Å²) < 4.78 is 0. The molecule has 0 unspecified atom stereocenters. The third-order valence-electron chi connectivity index (χ3n) is 3.81. The SMILES string of the molecule is CCC(CC)(CO)CNC(=O)/C=C/c1cccc(N)c1. The molecule has 1 rings (SSSR count). The molecule has 110 valence electrons. The zero-order valence-corrected chi connectivity index (χ0v) is 12.2. The number of carbonyl (C=O) groups excluding carboxylic acids is 1. The molecule has 0 aliphatic carbocycles. The molecule has 20 heavy (non-hydrogen) atoms. The molecule has 4 heteroatoms. The van der Waals surface area contributed by atoms with Gasteiger partial charge in [-0.05, 0) is 36.6 Å². The molecule has 0 aliphatic rings. The Hall–Kier alpha value is -1.81. The fourth-order valence-corrected chi connectivity index (χ4v) is 1.95. The molecular formula is C16H24N2O2. The van der Waals surface area contributed by atoms with Crippen LogP contribution in [0.5, 0.6) is 0 Å². The van der Waals surface area contributed by atoms with E-state index < -0.39 is 0 Å². The summed E-state index contributed by atoms with van der Waals surface area (Å²) in [5.41, 5.74) is 7.01. The maximum absolute atomic E-state index is 11.8. The predicted octanol–water partition coefficient (Wildman–Crippen LogP) is 2.20. The third-order valence-corrected chi connectivity index (χ3v) is 3.81. The van der Waals surface area contributed by atoms with E-state index in [1.54, 1.807) is 18.2 Å². The van der Waals surface area contributed by atoms with E-state index >= 15 is 0 Å². The van der Waals surface area contributed by atoms with Gasteiger partial charge in [0.2, 0.25) is 5.91 Å². The minimum Gasteiger partial charge on any atom is -0.399 e. The smallest absolute Gasteiger partial charge is 0.244 e. The van der Waals surface area contributed by atoms with E-state index in [4.69, 9.17) is 5.73 Å². The van der Waals surface area contributed by atoms with Crippen molar-refractivity contribution in [2.45, 2.75) is 26.7 Å². The Bertz CT molecular complexity index is 457. The molecule has 0 saturated heterocycles. The molecular weight excluding hydrogens is 252 g/mol. The molecule has 0 aliphatic heterocycles. The van der Waals surface area contributed by atoms with Crippen molar-refractivity contribution in [1.29, 1.82) is 0 Å². The highest BCUT2D eigenvalue weighted by atomic mass is 16.3. The summed E-state index contributed by atoms with van der Waals surface area (Å²) in [5, 5.41) is 12.3. The number of aliphatic hydroxyl groups is 1. The van der Waals surface area contributed by atoms with Crippen LogP contribution < -0.4 is 11.1 Å². The van der Waals surface area contributed by atoms with Gasteiger partial charge in [0.1, 0.15) is 0 Å². The summed E-state index contributed by atoms with van der Waals surface area (Å²) in [6, 6.07) is 7.34. The predicted molar refractivity (Wildman–Crippen MR) is 83.0 cm³/mol. The molecule has 4 nitrogen and oxygen atoms in total. The van der Waals surface area contributed by atoms with Gasteiger partial charge in [-0.15, -0.1) is 0 Å². The standard InChI is InChI=1S/C16H24N2O2/c1-3-16(4-2,12-19)11-18-15(20)9-8-13-6-5-7-14(17)10-13/h5-10,19H,3-4,11-12,17H2,1-2H3,(H,18,20)/b9-8+. The van der Waals surface area contributed by atoms with Crippen molar-refractivity contribution in [3.8, 4) is 0 Å². The van der Waals surface area contributed by atoms with Gasteiger partial charge in [0.25, 0.3) is 0 Å². The molecule has 0 spiro atoms. The fourth-order valence-electron chi connectivity index (χ4n) is 1.95. The maximum atomic E-state index is 11.8. The topological polar surface area (TPSA) is 75.3 Å². The number of amides is 1. The zero-order valence-electron chi connectivity index (χ0n) is 12.2. The summed E-state index contributed by atoms with van der Waals surface area (Å²) in [4.78, 5) is 11.8. The highest BCUT2D eigenvalue weighted by Gasteiger charge is 2.25. The summed E-state index contributed by atoms with van der Waals surface area (Å²) in [5.74, 6) is -0.160. The van der Waals surface area contributed by atoms with Crippen LogP contribution in [0.4, 0.5) is 5.69 Å². The van der Waals surface area contributed by atoms with Gasteiger partial charge < -0.3 is 16.2 Å². The first-order valence-corrected chi connectivity index (χ1v) is 6.97. The van der Waals surface area contributed by atoms with Crippen molar-refractivity contribution in [3.63, 3.8) is 0 Å². The van der Waals surface area contributed by atoms with Crippen molar-refractivity contribution in [2.75, 3.05) is 18.9 Å². The van der Waals surface area contributed by atoms with Crippen LogP contribution in [0.25, 0.3) is 6.08 Å². The quantitative estimate of drug-likeness (QED) is 0.528. The van der Waals surface area contributed by atoms with E-state index in [1.165, 1.54) is 6.08 Å². The molecule has 1 aromatic carbocycles. The number of hydrogen-bond acceptors (Lipinski definition) is 3. The number of rotatable bonds is 7. The summed E-state index contributed by atoms with van der Waals surface area (Å²) in [6.45, 7) is 4.61. The van der Waals surface area contributed by atoms with Gasteiger partial charge in [0, 0.05) is 23.7 Å². The molecule has 0 bridgehead atoms. The molecule has 4 N–H and O–H groups in total. The largest absolute Gasteiger partial charge is 0.399 e. The average Bonchev–Trinajstić information content (AvgIpc) is 2.47. The lowest BCUT2D eigenvalue weighted by Gasteiger charge is -2.29. The third kappa shape index (κ3) is 4.70. The number of nitrogens with two attached hydrogens (primary N) is 1. The van der Waals surface area contributed by atoms with E-state index in [0.29, 0.717) is 12.2 Å². The first-order valence-electron chi connectivity index (χ1n) is 6.97. The molecule has 0 fully saturated rings. The van der Waals surface area contributed by atoms with Crippen molar-refractivity contribution in [1.82, 2.24) is 5.32 Å². The highest BCUT2D eigenvalue weighted by Crippen LogP contribution is 2.24. The molecule has 1 amide bonds. The van der Waals surface area contributed by atoms with Gasteiger partial charge in [-0.25, -0.2) is 0 Å². The van der Waals surface area contributed by atoms with Crippen molar-refractivity contribution in [2.24, 2.45) is 5.41 Å². The Balaban J connectivity index is 2.55. The molecule has 0 aromatic heterocycles. The van der Waals surface area contributed by atoms with Crippen LogP contribution in [0.1, 0.15) is 32.3 Å². The van der Waals surface area contributed by atoms with Gasteiger partial charge in [0.15, 0.2) is 0 Å². The molecule has 0 heterocycles. The Labute approximate surface area is 120 Å². The van der Waals surface area contributed by atoms with Gasteiger partial charge in [-0.2, -0.15) is 0 Å². The van der Waals surface area contributed by atoms with Crippen LogP contribution in [0.15, 0.2) is 30.3 Å². The summed E-state index contributed by atoms with van der Waals surface area (Å²) >= 11 is 0. The Morgan fingerprint density at radius 3 is 2.65 bits per heavy atom. The van der Waals surface area contributed by atoms with Crippen molar-refractivity contribution < 1.29 is 9.90 Å². The van der Waals surface area contributed by atoms with Crippen LogP contribution in [0, 0.1) is 5.41 Å². The van der Waals surface area contributed by atoms with Crippen LogP contribution in [0.3, 0.4) is 0 Å². The second-order valence-electron chi connectivity index (χ2n) is 5.09. The number of benzene rings is 1. The summed E-state index contributed by atoms with van der Waals surface area (Å²) in [6.07, 6.45) is 4.88. The van der Waals surface area contributed by atoms with E-state index in [0.717, 1.165) is 18.4 Å². The Morgan fingerprint density at radius 2 is 2.10 bits per heavy atom. The van der Waals surface area contributed by atoms with Gasteiger partial charge in [-0.1, -0.05) is 26.0 Å². The second-order valence-corrected chi connectivity index (χ2v) is 5.09. The number of anilines is 1. The van der Waals surface area contributed by atoms with Crippen LogP contribution in [0.2, 0.25) is 0 Å². The maximum Gasteiger partial charge on any atom is 0.244 e. The molecule has 0 radical (unpaired) electrons. The number of hydrogen-bond donors (Lipinski definition) is 3. The molecule has 0 atom stereocenters. The van der Waals surface area contributed by atoms with E-state index in [9.17, 15) is 9.90 Å². The fraction of sp³-hybridized carbons (Fsp3) is 0.438. The van der Waals surface area contributed by atoms with Gasteiger partial charge in [0.05, 0.1) is 6.61 Å². The lowest BCUT2D eigenvalue weighted by Crippen LogP contribution is -2.38. The normalized spacial score (nSPS) is 11.8. The van der Waals surface area contributed by atoms with Crippen LogP contribution >= 0.6 is 0 Å². The molecule has 1 aromatic rings. The van der Waals surface area contributed by atoms with Gasteiger partial charge in [-0.3, -0.25) is 4.79 Å². The van der Waals surface area contributed by atoms with Crippen molar-refractivity contribution in [3.05, 3.63) is 35.9 Å². The zero-order chi connectivity index (χ0) is 15.0. The number of nitrogen functional groups attached to an aromatic ring is 1. The molecule has 0 saturated carbocycles. The lowest BCUT2D eigenvalue weighted by molar-refractivity contribution is -0.117. The summed E-state index contributed by atoms with van der Waals surface area (Å²) in [7, 11) is 0. The first kappa shape index (κ1) is 16.2. The van der Waals surface area contributed by atoms with Gasteiger partial charge >= 0.3 is 0 Å². The minimum atomic E-state index is -0.222. The van der Waals surface area contributed by atoms with E-state index in [1.807, 2.05) is 26.0 Å². The average molecular weight is 276 g/mol. The Morgan fingerprint density at radius 1 is 1.40 bits per heavy atom. The second kappa shape index (κ2) is 7.70. The minimum absolute atomic E-state index is 0.0826. The van der Waals surface area contributed by atoms with E-state index in [-0.39, 0.29) is 17.9 Å². The number of nitrogens with one attached hydrogen (secondary N) is 1. The highest BCUT2D eigenvalue weighted by molar-refractivity contribution is 5.91. The van der Waals surface area contributed by atoms with Crippen LogP contribution in [-0.4, -0.2) is 24.2 Å². The lowest BCUT2D eigenvalue weighted by atomic mass is 9.83. The monoisotopic (exact) mass is 276 g/mol. The van der Waals surface area contributed by atoms with Crippen LogP contribution in [-0.2, 0) is 4.79 Å². The first-order chi connectivity index (χ1) is 9.55. The Kier molecular flexibility index (Phi) is 6.25. The number of carbonyl (C=O) groups is 1. The van der Waals surface area contributed by atoms with E-state index in [2.05, 4.69) is 5.32 Å². The van der Waals surface area contributed by atoms with Crippen molar-refractivity contribution >= 4 is 17.7 Å².